The van der Waals surface area contributed by atoms with Crippen LogP contribution < -0.4 is 9.75 Å². The van der Waals surface area contributed by atoms with Gasteiger partial charge < -0.3 is 9.47 Å². The molecule has 6 nitrogen and oxygen atoms in total. The van der Waals surface area contributed by atoms with Gasteiger partial charge in [-0.15, -0.1) is 0 Å². The second kappa shape index (κ2) is 8.39. The van der Waals surface area contributed by atoms with Gasteiger partial charge in [-0.1, -0.05) is 30.3 Å². The summed E-state index contributed by atoms with van der Waals surface area (Å²) < 4.78 is 33.7. The van der Waals surface area contributed by atoms with E-state index in [9.17, 15) is 18.4 Å². The molecule has 0 N–H and O–H groups in total. The highest BCUT2D eigenvalue weighted by molar-refractivity contribution is 6.37. The molecule has 2 aromatic rings. The number of hydrogen-bond donors (Lipinski definition) is 0. The number of rotatable bonds is 6. The molecule has 1 aliphatic rings. The van der Waals surface area contributed by atoms with E-state index in [2.05, 4.69) is 9.84 Å². The molecule has 0 spiro atoms. The van der Waals surface area contributed by atoms with E-state index >= 15 is 0 Å². The number of esters is 1. The van der Waals surface area contributed by atoms with Crippen molar-refractivity contribution < 1.29 is 27.8 Å². The first-order valence-electron chi connectivity index (χ1n) is 8.19. The summed E-state index contributed by atoms with van der Waals surface area (Å²) in [5.41, 5.74) is 1.33. The van der Waals surface area contributed by atoms with Crippen LogP contribution in [0.1, 0.15) is 18.4 Å². The van der Waals surface area contributed by atoms with Crippen LogP contribution >= 0.6 is 0 Å². The van der Waals surface area contributed by atoms with E-state index in [-0.39, 0.29) is 36.8 Å². The van der Waals surface area contributed by atoms with Crippen LogP contribution in [0.15, 0.2) is 59.7 Å². The Morgan fingerprint density at radius 2 is 1.78 bits per heavy atom. The number of hydrazone groups is 1. The summed E-state index contributed by atoms with van der Waals surface area (Å²) in [5.74, 6) is -0.808. The van der Waals surface area contributed by atoms with Gasteiger partial charge >= 0.3 is 12.6 Å². The lowest BCUT2D eigenvalue weighted by Crippen LogP contribution is -2.34. The molecule has 0 fully saturated rings. The Balaban J connectivity index is 1.62. The second-order valence-electron chi connectivity index (χ2n) is 5.69. The van der Waals surface area contributed by atoms with Crippen molar-refractivity contribution in [2.45, 2.75) is 26.1 Å². The summed E-state index contributed by atoms with van der Waals surface area (Å²) in [4.78, 5) is 24.3. The number of alkyl halides is 2. The fourth-order valence-electron chi connectivity index (χ4n) is 2.47. The monoisotopic (exact) mass is 374 g/mol. The number of para-hydroxylation sites is 1. The Morgan fingerprint density at radius 3 is 2.44 bits per heavy atom. The zero-order valence-electron chi connectivity index (χ0n) is 14.2. The van der Waals surface area contributed by atoms with Gasteiger partial charge in [0.25, 0.3) is 0 Å². The Hall–Kier alpha value is -3.29. The first-order valence-corrected chi connectivity index (χ1v) is 8.19. The Kier molecular flexibility index (Phi) is 5.75. The van der Waals surface area contributed by atoms with E-state index in [1.807, 2.05) is 6.07 Å². The van der Waals surface area contributed by atoms with Crippen LogP contribution in [0.5, 0.6) is 5.75 Å². The smallest absolute Gasteiger partial charge is 0.387 e. The molecule has 27 heavy (non-hydrogen) atoms. The summed E-state index contributed by atoms with van der Waals surface area (Å²) >= 11 is 0. The van der Waals surface area contributed by atoms with Gasteiger partial charge in [0.2, 0.25) is 5.91 Å². The molecule has 0 radical (unpaired) electrons. The van der Waals surface area contributed by atoms with Crippen molar-refractivity contribution in [2.24, 2.45) is 5.10 Å². The number of carbonyl (C=O) groups is 2. The van der Waals surface area contributed by atoms with Crippen molar-refractivity contribution in [2.75, 3.05) is 5.01 Å². The van der Waals surface area contributed by atoms with Gasteiger partial charge in [0.05, 0.1) is 5.69 Å². The topological polar surface area (TPSA) is 68.2 Å². The number of amides is 1. The van der Waals surface area contributed by atoms with E-state index in [0.29, 0.717) is 11.3 Å². The zero-order chi connectivity index (χ0) is 19.2. The van der Waals surface area contributed by atoms with Crippen LogP contribution in [0.4, 0.5) is 14.5 Å². The minimum atomic E-state index is -2.90. The summed E-state index contributed by atoms with van der Waals surface area (Å²) in [7, 11) is 0. The molecule has 2 aromatic carbocycles. The molecule has 0 bridgehead atoms. The summed E-state index contributed by atoms with van der Waals surface area (Å²) in [5, 5.41) is 5.31. The predicted molar refractivity (Wildman–Crippen MR) is 93.5 cm³/mol. The van der Waals surface area contributed by atoms with Gasteiger partial charge in [0.15, 0.2) is 0 Å². The second-order valence-corrected chi connectivity index (χ2v) is 5.69. The molecular formula is C19H16F2N2O4. The average Bonchev–Trinajstić information content (AvgIpc) is 2.68. The van der Waals surface area contributed by atoms with Gasteiger partial charge in [-0.05, 0) is 29.8 Å². The highest BCUT2D eigenvalue weighted by Crippen LogP contribution is 2.20. The maximum atomic E-state index is 12.3. The van der Waals surface area contributed by atoms with Crippen LogP contribution in [0, 0.1) is 0 Å². The van der Waals surface area contributed by atoms with Crippen molar-refractivity contribution in [3.8, 4) is 5.75 Å². The minimum Gasteiger partial charge on any atom is -0.456 e. The zero-order valence-corrected chi connectivity index (χ0v) is 14.2. The first kappa shape index (κ1) is 18.5. The molecule has 1 aliphatic heterocycles. The molecular weight excluding hydrogens is 358 g/mol. The molecule has 8 heteroatoms. The van der Waals surface area contributed by atoms with Crippen LogP contribution in [0.2, 0.25) is 0 Å². The van der Waals surface area contributed by atoms with Crippen molar-refractivity contribution >= 4 is 23.3 Å². The van der Waals surface area contributed by atoms with Gasteiger partial charge in [-0.25, -0.2) is 9.80 Å². The van der Waals surface area contributed by atoms with Crippen molar-refractivity contribution in [3.63, 3.8) is 0 Å². The number of ether oxygens (including phenoxy) is 2. The highest BCUT2D eigenvalue weighted by Gasteiger charge is 2.26. The number of halogens is 2. The van der Waals surface area contributed by atoms with Gasteiger partial charge in [0.1, 0.15) is 18.1 Å². The number of hydrogen-bond acceptors (Lipinski definition) is 5. The van der Waals surface area contributed by atoms with E-state index in [1.165, 1.54) is 29.3 Å². The molecule has 1 amide bonds. The fraction of sp³-hybridized carbons (Fsp3) is 0.211. The number of nitrogens with zero attached hydrogens (tertiary/aromatic N) is 2. The molecule has 0 atom stereocenters. The Labute approximate surface area is 154 Å². The molecule has 0 aromatic heterocycles. The van der Waals surface area contributed by atoms with Crippen LogP contribution in [0.3, 0.4) is 0 Å². The van der Waals surface area contributed by atoms with Gasteiger partial charge in [-0.3, -0.25) is 4.79 Å². The largest absolute Gasteiger partial charge is 0.456 e. The maximum absolute atomic E-state index is 12.3. The van der Waals surface area contributed by atoms with Crippen LogP contribution in [-0.2, 0) is 20.9 Å². The quantitative estimate of drug-likeness (QED) is 0.726. The summed E-state index contributed by atoms with van der Waals surface area (Å²) in [6.45, 7) is -2.94. The molecule has 140 valence electrons. The van der Waals surface area contributed by atoms with Crippen molar-refractivity contribution in [1.82, 2.24) is 0 Å². The Bertz CT molecular complexity index is 839. The summed E-state index contributed by atoms with van der Waals surface area (Å²) in [6.07, 6.45) is 0.352. The van der Waals surface area contributed by atoms with E-state index in [1.54, 1.807) is 24.3 Å². The third-order valence-electron chi connectivity index (χ3n) is 3.79. The molecule has 1 heterocycles. The lowest BCUT2D eigenvalue weighted by Gasteiger charge is -2.22. The first-order chi connectivity index (χ1) is 13.0. The molecule has 3 rings (SSSR count). The van der Waals surface area contributed by atoms with Crippen molar-refractivity contribution in [1.29, 1.82) is 0 Å². The number of anilines is 1. The fourth-order valence-corrected chi connectivity index (χ4v) is 2.47. The normalized spacial score (nSPS) is 14.1. The average molecular weight is 374 g/mol. The van der Waals surface area contributed by atoms with Crippen molar-refractivity contribution in [3.05, 3.63) is 60.2 Å². The lowest BCUT2D eigenvalue weighted by molar-refractivity contribution is -0.137. The number of benzene rings is 2. The predicted octanol–water partition coefficient (Wildman–Crippen LogP) is 3.51. The van der Waals surface area contributed by atoms with E-state index < -0.39 is 12.6 Å². The summed E-state index contributed by atoms with van der Waals surface area (Å²) in [6, 6.07) is 14.6. The third-order valence-corrected chi connectivity index (χ3v) is 3.79. The Morgan fingerprint density at radius 1 is 1.07 bits per heavy atom. The van der Waals surface area contributed by atoms with E-state index in [0.717, 1.165) is 0 Å². The van der Waals surface area contributed by atoms with E-state index in [4.69, 9.17) is 4.74 Å². The highest BCUT2D eigenvalue weighted by atomic mass is 19.3. The van der Waals surface area contributed by atoms with Crippen LogP contribution in [0.25, 0.3) is 0 Å². The van der Waals surface area contributed by atoms with Crippen LogP contribution in [-0.4, -0.2) is 24.2 Å². The molecule has 0 aliphatic carbocycles. The lowest BCUT2D eigenvalue weighted by atomic mass is 10.1. The standard InChI is InChI=1S/C19H16F2N2O4/c20-19(21)27-15-8-6-13(7-9-15)12-26-18(25)16-10-11-17(24)23(22-16)14-4-2-1-3-5-14/h1-9,19H,10-12H2. The minimum absolute atomic E-state index is 0.0220. The maximum Gasteiger partial charge on any atom is 0.387 e. The number of carbonyl (C=O) groups excluding carboxylic acids is 2. The molecule has 0 saturated heterocycles. The molecule has 0 unspecified atom stereocenters. The SMILES string of the molecule is O=C(OCc1ccc(OC(F)F)cc1)C1=NN(c2ccccc2)C(=O)CC1. The molecule has 0 saturated carbocycles. The van der Waals surface area contributed by atoms with Gasteiger partial charge in [-0.2, -0.15) is 13.9 Å². The third kappa shape index (κ3) is 4.87. The van der Waals surface area contributed by atoms with Gasteiger partial charge in [0, 0.05) is 12.8 Å².